The second-order valence-electron chi connectivity index (χ2n) is 7.33. The highest BCUT2D eigenvalue weighted by Gasteiger charge is 2.17. The van der Waals surface area contributed by atoms with Crippen LogP contribution in [0.5, 0.6) is 5.75 Å². The highest BCUT2D eigenvalue weighted by Crippen LogP contribution is 2.25. The van der Waals surface area contributed by atoms with Crippen LogP contribution in [0, 0.1) is 6.92 Å². The number of aromatic nitrogens is 2. The van der Waals surface area contributed by atoms with Gasteiger partial charge in [0.15, 0.2) is 6.10 Å². The van der Waals surface area contributed by atoms with Crippen molar-refractivity contribution in [1.29, 1.82) is 0 Å². The van der Waals surface area contributed by atoms with Crippen LogP contribution in [-0.4, -0.2) is 21.6 Å². The molecule has 5 heteroatoms. The van der Waals surface area contributed by atoms with Crippen LogP contribution in [0.25, 0.3) is 11.4 Å². The largest absolute Gasteiger partial charge is 0.481 e. The Morgan fingerprint density at radius 3 is 2.79 bits per heavy atom. The first-order valence-corrected chi connectivity index (χ1v) is 9.79. The number of amides is 1. The number of carbonyl (C=O) groups excluding carboxylic acids is 1. The maximum Gasteiger partial charge on any atom is 0.265 e. The van der Waals surface area contributed by atoms with E-state index in [1.165, 1.54) is 18.5 Å². The number of rotatable bonds is 5. The van der Waals surface area contributed by atoms with E-state index in [9.17, 15) is 4.79 Å². The zero-order valence-corrected chi connectivity index (χ0v) is 16.3. The van der Waals surface area contributed by atoms with Crippen molar-refractivity contribution in [2.45, 2.75) is 45.8 Å². The topological polar surface area (TPSA) is 56.1 Å². The van der Waals surface area contributed by atoms with E-state index in [4.69, 9.17) is 4.74 Å². The predicted molar refractivity (Wildman–Crippen MR) is 110 cm³/mol. The average Bonchev–Trinajstić information content (AvgIpc) is 3.13. The third-order valence-electron chi connectivity index (χ3n) is 5.09. The summed E-state index contributed by atoms with van der Waals surface area (Å²) in [6, 6.07) is 15.5. The fourth-order valence-corrected chi connectivity index (χ4v) is 3.56. The second kappa shape index (κ2) is 7.89. The molecular formula is C23H25N3O2. The smallest absolute Gasteiger partial charge is 0.265 e. The van der Waals surface area contributed by atoms with Crippen LogP contribution in [-0.2, 0) is 17.8 Å². The highest BCUT2D eigenvalue weighted by atomic mass is 16.5. The van der Waals surface area contributed by atoms with Gasteiger partial charge in [-0.05, 0) is 75.1 Å². The Morgan fingerprint density at radius 1 is 1.18 bits per heavy atom. The number of anilines is 1. The summed E-state index contributed by atoms with van der Waals surface area (Å²) >= 11 is 0. The molecule has 0 aliphatic carbocycles. The molecule has 3 aromatic rings. The predicted octanol–water partition coefficient (Wildman–Crippen LogP) is 4.60. The Labute approximate surface area is 165 Å². The Kier molecular flexibility index (Phi) is 5.15. The van der Waals surface area contributed by atoms with Crippen molar-refractivity contribution >= 4 is 11.6 Å². The highest BCUT2D eigenvalue weighted by molar-refractivity contribution is 5.94. The first-order valence-electron chi connectivity index (χ1n) is 9.79. The molecule has 2 aromatic carbocycles. The number of hydrogen-bond acceptors (Lipinski definition) is 3. The van der Waals surface area contributed by atoms with Crippen LogP contribution in [0.1, 0.15) is 31.0 Å². The van der Waals surface area contributed by atoms with Crippen molar-refractivity contribution in [3.63, 3.8) is 0 Å². The second-order valence-corrected chi connectivity index (χ2v) is 7.33. The van der Waals surface area contributed by atoms with Crippen molar-refractivity contribution in [1.82, 2.24) is 9.55 Å². The Hall–Kier alpha value is -3.08. The summed E-state index contributed by atoms with van der Waals surface area (Å²) in [4.78, 5) is 17.1. The fourth-order valence-electron chi connectivity index (χ4n) is 3.56. The summed E-state index contributed by atoms with van der Waals surface area (Å²) < 4.78 is 8.05. The summed E-state index contributed by atoms with van der Waals surface area (Å²) in [6.07, 6.45) is 4.93. The minimum absolute atomic E-state index is 0.174. The molecule has 0 spiro atoms. The molecule has 1 aliphatic rings. The molecule has 144 valence electrons. The van der Waals surface area contributed by atoms with E-state index in [1.54, 1.807) is 6.92 Å². The molecule has 1 atom stereocenters. The molecule has 4 rings (SSSR count). The van der Waals surface area contributed by atoms with E-state index in [1.807, 2.05) is 61.7 Å². The third-order valence-corrected chi connectivity index (χ3v) is 5.09. The lowest BCUT2D eigenvalue weighted by atomic mass is 10.1. The van der Waals surface area contributed by atoms with E-state index < -0.39 is 6.10 Å². The zero-order valence-electron chi connectivity index (χ0n) is 16.3. The summed E-state index contributed by atoms with van der Waals surface area (Å²) in [5.41, 5.74) is 4.22. The standard InChI is InChI=1S/C23H25N3O2/c1-16-6-5-8-21(14-16)28-17(2)23(27)25-19-11-9-18(10-12-19)22-24-15-20-7-3-4-13-26(20)22/h5-6,8-12,14-15,17H,3-4,7,13H2,1-2H3,(H,25,27). The van der Waals surface area contributed by atoms with Gasteiger partial charge in [0.25, 0.3) is 5.91 Å². The quantitative estimate of drug-likeness (QED) is 0.709. The van der Waals surface area contributed by atoms with Crippen molar-refractivity contribution < 1.29 is 9.53 Å². The molecule has 0 saturated heterocycles. The first-order chi connectivity index (χ1) is 13.6. The molecule has 0 fully saturated rings. The Morgan fingerprint density at radius 2 is 2.00 bits per heavy atom. The number of nitrogens with zero attached hydrogens (tertiary/aromatic N) is 2. The molecule has 1 unspecified atom stereocenters. The van der Waals surface area contributed by atoms with E-state index in [2.05, 4.69) is 14.9 Å². The first kappa shape index (κ1) is 18.3. The molecule has 28 heavy (non-hydrogen) atoms. The molecule has 1 aromatic heterocycles. The number of aryl methyl sites for hydroxylation is 2. The molecule has 1 amide bonds. The van der Waals surface area contributed by atoms with Gasteiger partial charge < -0.3 is 14.6 Å². The monoisotopic (exact) mass is 375 g/mol. The lowest BCUT2D eigenvalue weighted by Crippen LogP contribution is -2.30. The normalized spacial score (nSPS) is 14.2. The molecule has 2 heterocycles. The van der Waals surface area contributed by atoms with Crippen LogP contribution in [0.15, 0.2) is 54.7 Å². The van der Waals surface area contributed by atoms with Gasteiger partial charge in [0.2, 0.25) is 0 Å². The van der Waals surface area contributed by atoms with E-state index in [0.29, 0.717) is 5.75 Å². The van der Waals surface area contributed by atoms with Crippen molar-refractivity contribution in [2.75, 3.05) is 5.32 Å². The maximum atomic E-state index is 12.5. The van der Waals surface area contributed by atoms with Gasteiger partial charge in [-0.2, -0.15) is 0 Å². The minimum Gasteiger partial charge on any atom is -0.481 e. The van der Waals surface area contributed by atoms with E-state index >= 15 is 0 Å². The van der Waals surface area contributed by atoms with Gasteiger partial charge in [-0.15, -0.1) is 0 Å². The van der Waals surface area contributed by atoms with Crippen LogP contribution >= 0.6 is 0 Å². The van der Waals surface area contributed by atoms with E-state index in [0.717, 1.165) is 35.6 Å². The maximum absolute atomic E-state index is 12.5. The van der Waals surface area contributed by atoms with Crippen LogP contribution < -0.4 is 10.1 Å². The van der Waals surface area contributed by atoms with Gasteiger partial charge in [0.1, 0.15) is 11.6 Å². The lowest BCUT2D eigenvalue weighted by molar-refractivity contribution is -0.122. The number of hydrogen-bond donors (Lipinski definition) is 1. The molecule has 0 bridgehead atoms. The number of ether oxygens (including phenoxy) is 1. The van der Waals surface area contributed by atoms with Gasteiger partial charge in [-0.3, -0.25) is 4.79 Å². The fraction of sp³-hybridized carbons (Fsp3) is 0.304. The third kappa shape index (κ3) is 3.93. The summed E-state index contributed by atoms with van der Waals surface area (Å²) in [6.45, 7) is 4.77. The Bertz CT molecular complexity index is 976. The van der Waals surface area contributed by atoms with Gasteiger partial charge in [-0.25, -0.2) is 4.98 Å². The van der Waals surface area contributed by atoms with Gasteiger partial charge in [0.05, 0.1) is 0 Å². The van der Waals surface area contributed by atoms with Crippen molar-refractivity contribution in [2.24, 2.45) is 0 Å². The molecular weight excluding hydrogens is 350 g/mol. The number of carbonyl (C=O) groups is 1. The average molecular weight is 375 g/mol. The van der Waals surface area contributed by atoms with Gasteiger partial charge >= 0.3 is 0 Å². The van der Waals surface area contributed by atoms with E-state index in [-0.39, 0.29) is 5.91 Å². The zero-order chi connectivity index (χ0) is 19.5. The van der Waals surface area contributed by atoms with Crippen molar-refractivity contribution in [3.8, 4) is 17.1 Å². The van der Waals surface area contributed by atoms with Crippen LogP contribution in [0.3, 0.4) is 0 Å². The molecule has 1 aliphatic heterocycles. The molecule has 5 nitrogen and oxygen atoms in total. The Balaban J connectivity index is 1.41. The van der Waals surface area contributed by atoms with Crippen LogP contribution in [0.4, 0.5) is 5.69 Å². The number of nitrogens with one attached hydrogen (secondary N) is 1. The van der Waals surface area contributed by atoms with Crippen LogP contribution in [0.2, 0.25) is 0 Å². The summed E-state index contributed by atoms with van der Waals surface area (Å²) in [5.74, 6) is 1.53. The summed E-state index contributed by atoms with van der Waals surface area (Å²) in [7, 11) is 0. The minimum atomic E-state index is -0.583. The SMILES string of the molecule is Cc1cccc(OC(C)C(=O)Nc2ccc(-c3ncc4n3CCCC4)cc2)c1. The van der Waals surface area contributed by atoms with Crippen molar-refractivity contribution in [3.05, 3.63) is 66.0 Å². The summed E-state index contributed by atoms with van der Waals surface area (Å²) in [5, 5.41) is 2.92. The number of imidazole rings is 1. The van der Waals surface area contributed by atoms with Gasteiger partial charge in [0, 0.05) is 29.7 Å². The number of fused-ring (bicyclic) bond motifs is 1. The van der Waals surface area contributed by atoms with Gasteiger partial charge in [-0.1, -0.05) is 12.1 Å². The molecule has 0 saturated carbocycles. The lowest BCUT2D eigenvalue weighted by Gasteiger charge is -2.17. The number of benzene rings is 2. The molecule has 0 radical (unpaired) electrons. The molecule has 1 N–H and O–H groups in total.